The third kappa shape index (κ3) is 4.78. The number of anilines is 1. The molecule has 0 fully saturated rings. The standard InChI is InChI=1S/C21H26ClN3O2S.BrH/c1-2-3-4-5-6-7-9-24-17-12-15(22)11-16(20(17)27-13-19(24)26)18-14-28-21-23-8-10-25(18)21;/h11-12,14H,2-10,13H2,1H3;1H. The fourth-order valence-electron chi connectivity index (χ4n) is 3.90. The number of unbranched alkanes of at least 4 members (excludes halogenated alkanes) is 5. The van der Waals surface area contributed by atoms with Gasteiger partial charge in [0.25, 0.3) is 5.91 Å². The molecule has 0 atom stereocenters. The van der Waals surface area contributed by atoms with Crippen LogP contribution in [0.25, 0.3) is 5.70 Å². The molecule has 8 heteroatoms. The fraction of sp³-hybridized carbons (Fsp3) is 0.524. The van der Waals surface area contributed by atoms with Gasteiger partial charge in [0.2, 0.25) is 0 Å². The predicted molar refractivity (Wildman–Crippen MR) is 128 cm³/mol. The third-order valence-corrected chi connectivity index (χ3v) is 6.47. The molecule has 5 nitrogen and oxygen atoms in total. The van der Waals surface area contributed by atoms with Gasteiger partial charge in [0.1, 0.15) is 0 Å². The summed E-state index contributed by atoms with van der Waals surface area (Å²) in [7, 11) is 0. The SMILES string of the molecule is Br.CCCCCCCCN1C(=O)COc2c(C3=CSC4=NCCN34)cc(Cl)cc21. The average Bonchev–Trinajstić information content (AvgIpc) is 3.29. The highest BCUT2D eigenvalue weighted by atomic mass is 79.9. The molecule has 3 aliphatic heterocycles. The summed E-state index contributed by atoms with van der Waals surface area (Å²) in [5.41, 5.74) is 2.80. The third-order valence-electron chi connectivity index (χ3n) is 5.35. The molecule has 0 radical (unpaired) electrons. The van der Waals surface area contributed by atoms with Gasteiger partial charge in [-0.15, -0.1) is 17.0 Å². The topological polar surface area (TPSA) is 45.1 Å². The van der Waals surface area contributed by atoms with Gasteiger partial charge in [0, 0.05) is 29.1 Å². The van der Waals surface area contributed by atoms with Crippen molar-refractivity contribution in [2.45, 2.75) is 45.4 Å². The second-order valence-corrected chi connectivity index (χ2v) is 8.61. The predicted octanol–water partition coefficient (Wildman–Crippen LogP) is 5.72. The molecule has 0 saturated carbocycles. The second-order valence-electron chi connectivity index (χ2n) is 7.34. The number of rotatable bonds is 8. The Bertz CT molecular complexity index is 830. The first kappa shape index (κ1) is 22.5. The van der Waals surface area contributed by atoms with Crippen molar-refractivity contribution in [2.75, 3.05) is 31.1 Å². The molecule has 158 valence electrons. The van der Waals surface area contributed by atoms with Crippen LogP contribution >= 0.6 is 40.3 Å². The molecule has 0 spiro atoms. The van der Waals surface area contributed by atoms with E-state index in [9.17, 15) is 4.79 Å². The fourth-order valence-corrected chi connectivity index (χ4v) is 5.06. The zero-order valence-corrected chi connectivity index (χ0v) is 19.9. The van der Waals surface area contributed by atoms with Crippen LogP contribution in [0.15, 0.2) is 22.5 Å². The monoisotopic (exact) mass is 499 g/mol. The summed E-state index contributed by atoms with van der Waals surface area (Å²) in [6.45, 7) is 4.70. The van der Waals surface area contributed by atoms with Crippen molar-refractivity contribution in [1.29, 1.82) is 0 Å². The molecule has 0 saturated heterocycles. The molecule has 0 bridgehead atoms. The van der Waals surface area contributed by atoms with Gasteiger partial charge < -0.3 is 14.5 Å². The molecule has 0 unspecified atom stereocenters. The number of benzene rings is 1. The number of hydrogen-bond acceptors (Lipinski definition) is 5. The molecular weight excluding hydrogens is 474 g/mol. The zero-order valence-electron chi connectivity index (χ0n) is 16.7. The van der Waals surface area contributed by atoms with E-state index < -0.39 is 0 Å². The minimum absolute atomic E-state index is 0. The number of carbonyl (C=O) groups is 1. The lowest BCUT2D eigenvalue weighted by atomic mass is 10.1. The van der Waals surface area contributed by atoms with E-state index in [0.29, 0.717) is 11.6 Å². The lowest BCUT2D eigenvalue weighted by molar-refractivity contribution is -0.121. The van der Waals surface area contributed by atoms with Gasteiger partial charge in [-0.25, -0.2) is 0 Å². The van der Waals surface area contributed by atoms with Gasteiger partial charge >= 0.3 is 0 Å². The molecular formula is C21H27BrClN3O2S. The number of thioether (sulfide) groups is 1. The Labute approximate surface area is 192 Å². The number of amides is 1. The molecule has 0 aromatic heterocycles. The number of aliphatic imine (C=N–C) groups is 1. The van der Waals surface area contributed by atoms with Crippen molar-refractivity contribution in [1.82, 2.24) is 4.90 Å². The first-order chi connectivity index (χ1) is 13.7. The molecule has 1 aromatic rings. The van der Waals surface area contributed by atoms with Crippen molar-refractivity contribution in [3.05, 3.63) is 28.1 Å². The van der Waals surface area contributed by atoms with Gasteiger partial charge in [-0.2, -0.15) is 0 Å². The van der Waals surface area contributed by atoms with Crippen LogP contribution in [0.4, 0.5) is 5.69 Å². The molecule has 29 heavy (non-hydrogen) atoms. The maximum Gasteiger partial charge on any atom is 0.265 e. The molecule has 3 aliphatic rings. The number of halogens is 2. The summed E-state index contributed by atoms with van der Waals surface area (Å²) in [4.78, 5) is 21.1. The Balaban J connectivity index is 0.00000240. The molecule has 4 rings (SSSR count). The Kier molecular flexibility index (Phi) is 7.93. The number of nitrogens with zero attached hydrogens (tertiary/aromatic N) is 3. The number of amidine groups is 1. The van der Waals surface area contributed by atoms with E-state index in [4.69, 9.17) is 16.3 Å². The van der Waals surface area contributed by atoms with Gasteiger partial charge in [-0.1, -0.05) is 62.4 Å². The van der Waals surface area contributed by atoms with E-state index in [1.807, 2.05) is 17.0 Å². The lowest BCUT2D eigenvalue weighted by Gasteiger charge is -2.32. The average molecular weight is 501 g/mol. The van der Waals surface area contributed by atoms with Crippen LogP contribution in [0.3, 0.4) is 0 Å². The summed E-state index contributed by atoms with van der Waals surface area (Å²) in [5, 5.41) is 3.75. The quantitative estimate of drug-likeness (QED) is 0.428. The lowest BCUT2D eigenvalue weighted by Crippen LogP contribution is -2.40. The Morgan fingerprint density at radius 2 is 2.00 bits per heavy atom. The Morgan fingerprint density at radius 1 is 1.21 bits per heavy atom. The van der Waals surface area contributed by atoms with E-state index in [-0.39, 0.29) is 29.5 Å². The van der Waals surface area contributed by atoms with Gasteiger partial charge in [0.05, 0.1) is 17.9 Å². The van der Waals surface area contributed by atoms with Gasteiger partial charge in [0.15, 0.2) is 17.5 Å². The smallest absolute Gasteiger partial charge is 0.265 e. The van der Waals surface area contributed by atoms with E-state index in [1.54, 1.807) is 11.8 Å². The zero-order chi connectivity index (χ0) is 19.5. The van der Waals surface area contributed by atoms with E-state index in [1.165, 1.54) is 25.7 Å². The summed E-state index contributed by atoms with van der Waals surface area (Å²) in [6, 6.07) is 3.79. The molecule has 3 heterocycles. The van der Waals surface area contributed by atoms with Crippen LogP contribution in [0.1, 0.15) is 51.0 Å². The van der Waals surface area contributed by atoms with E-state index >= 15 is 0 Å². The first-order valence-electron chi connectivity index (χ1n) is 10.1. The summed E-state index contributed by atoms with van der Waals surface area (Å²) < 4.78 is 5.91. The van der Waals surface area contributed by atoms with Crippen LogP contribution in [-0.2, 0) is 4.79 Å². The first-order valence-corrected chi connectivity index (χ1v) is 11.4. The van der Waals surface area contributed by atoms with Crippen molar-refractivity contribution in [3.63, 3.8) is 0 Å². The van der Waals surface area contributed by atoms with Gasteiger partial charge in [-0.05, 0) is 18.6 Å². The number of ether oxygens (including phenoxy) is 1. The second kappa shape index (κ2) is 10.2. The summed E-state index contributed by atoms with van der Waals surface area (Å²) >= 11 is 8.09. The maximum absolute atomic E-state index is 12.6. The number of carbonyl (C=O) groups excluding carboxylic acids is 1. The highest BCUT2D eigenvalue weighted by molar-refractivity contribution is 8.93. The minimum atomic E-state index is 0. The van der Waals surface area contributed by atoms with Crippen molar-refractivity contribution < 1.29 is 9.53 Å². The summed E-state index contributed by atoms with van der Waals surface area (Å²) in [6.07, 6.45) is 7.16. The molecule has 0 aliphatic carbocycles. The van der Waals surface area contributed by atoms with Crippen LogP contribution in [0.5, 0.6) is 5.75 Å². The van der Waals surface area contributed by atoms with Crippen LogP contribution < -0.4 is 9.64 Å². The normalized spacial score (nSPS) is 17.4. The molecule has 1 aromatic carbocycles. The summed E-state index contributed by atoms with van der Waals surface area (Å²) in [5.74, 6) is 0.766. The minimum Gasteiger partial charge on any atom is -0.481 e. The number of fused-ring (bicyclic) bond motifs is 2. The van der Waals surface area contributed by atoms with Crippen molar-refractivity contribution >= 4 is 62.8 Å². The van der Waals surface area contributed by atoms with Gasteiger partial charge in [-0.3, -0.25) is 9.79 Å². The maximum atomic E-state index is 12.6. The van der Waals surface area contributed by atoms with Crippen molar-refractivity contribution in [3.8, 4) is 5.75 Å². The highest BCUT2D eigenvalue weighted by Crippen LogP contribution is 2.45. The van der Waals surface area contributed by atoms with E-state index in [2.05, 4.69) is 22.2 Å². The molecule has 1 amide bonds. The van der Waals surface area contributed by atoms with Crippen LogP contribution in [0.2, 0.25) is 5.02 Å². The Hall–Kier alpha value is -1.18. The van der Waals surface area contributed by atoms with Crippen LogP contribution in [-0.4, -0.2) is 42.2 Å². The van der Waals surface area contributed by atoms with E-state index in [0.717, 1.165) is 53.8 Å². The molecule has 0 N–H and O–H groups in total. The Morgan fingerprint density at radius 3 is 2.83 bits per heavy atom. The van der Waals surface area contributed by atoms with Crippen molar-refractivity contribution in [2.24, 2.45) is 4.99 Å². The van der Waals surface area contributed by atoms with Crippen LogP contribution in [0, 0.1) is 0 Å². The number of hydrogen-bond donors (Lipinski definition) is 0. The highest BCUT2D eigenvalue weighted by Gasteiger charge is 2.33. The largest absolute Gasteiger partial charge is 0.481 e.